The second kappa shape index (κ2) is 5.29. The van der Waals surface area contributed by atoms with E-state index in [1.54, 1.807) is 0 Å². The lowest BCUT2D eigenvalue weighted by Gasteiger charge is -2.31. The molecule has 1 nitrogen and oxygen atoms in total. The van der Waals surface area contributed by atoms with Crippen molar-refractivity contribution in [3.05, 3.63) is 23.8 Å². The largest absolute Gasteiger partial charge is 0.294 e. The molecule has 0 aliphatic heterocycles. The maximum absolute atomic E-state index is 12.2. The lowest BCUT2D eigenvalue weighted by molar-refractivity contribution is -0.122. The minimum absolute atomic E-state index is 0.205. The van der Waals surface area contributed by atoms with Crippen LogP contribution in [0, 0.1) is 17.8 Å². The highest BCUT2D eigenvalue weighted by Crippen LogP contribution is 2.34. The fourth-order valence-electron chi connectivity index (χ4n) is 2.44. The molecule has 0 aromatic rings. The van der Waals surface area contributed by atoms with Crippen LogP contribution in [0.3, 0.4) is 0 Å². The summed E-state index contributed by atoms with van der Waals surface area (Å²) in [5.74, 6) is 1.48. The third-order valence-electron chi connectivity index (χ3n) is 3.60. The number of rotatable bonds is 3. The fourth-order valence-corrected chi connectivity index (χ4v) is 2.44. The maximum atomic E-state index is 12.2. The molecule has 0 spiro atoms. The Labute approximate surface area is 93.3 Å². The van der Waals surface area contributed by atoms with E-state index in [4.69, 9.17) is 0 Å². The zero-order chi connectivity index (χ0) is 11.4. The minimum Gasteiger partial charge on any atom is -0.294 e. The van der Waals surface area contributed by atoms with Gasteiger partial charge >= 0.3 is 0 Å². The molecule has 84 valence electrons. The Balaban J connectivity index is 2.89. The predicted octanol–water partition coefficient (Wildman–Crippen LogP) is 3.76. The van der Waals surface area contributed by atoms with Crippen molar-refractivity contribution >= 4 is 5.78 Å². The van der Waals surface area contributed by atoms with E-state index in [0.29, 0.717) is 17.6 Å². The molecule has 0 fully saturated rings. The molecule has 0 aromatic carbocycles. The molecule has 0 saturated carbocycles. The van der Waals surface area contributed by atoms with Gasteiger partial charge < -0.3 is 0 Å². The van der Waals surface area contributed by atoms with Crippen LogP contribution in [0.15, 0.2) is 23.8 Å². The average Bonchev–Trinajstić information content (AvgIpc) is 2.26. The summed E-state index contributed by atoms with van der Waals surface area (Å²) in [7, 11) is 0. The van der Waals surface area contributed by atoms with Gasteiger partial charge in [0.25, 0.3) is 0 Å². The summed E-state index contributed by atoms with van der Waals surface area (Å²) < 4.78 is 0. The molecule has 0 bridgehead atoms. The topological polar surface area (TPSA) is 17.1 Å². The van der Waals surface area contributed by atoms with E-state index in [9.17, 15) is 4.79 Å². The Morgan fingerprint density at radius 3 is 2.73 bits per heavy atom. The van der Waals surface area contributed by atoms with Gasteiger partial charge in [0.1, 0.15) is 0 Å². The van der Waals surface area contributed by atoms with Crippen LogP contribution in [0.2, 0.25) is 0 Å². The van der Waals surface area contributed by atoms with Gasteiger partial charge in [-0.25, -0.2) is 0 Å². The van der Waals surface area contributed by atoms with Crippen molar-refractivity contribution in [2.45, 2.75) is 40.5 Å². The second-order valence-electron chi connectivity index (χ2n) is 4.55. The molecule has 3 unspecified atom stereocenters. The number of hydrogen-bond donors (Lipinski definition) is 0. The predicted molar refractivity (Wildman–Crippen MR) is 64.6 cm³/mol. The first-order chi connectivity index (χ1) is 7.11. The van der Waals surface area contributed by atoms with Crippen molar-refractivity contribution in [3.8, 4) is 0 Å². The summed E-state index contributed by atoms with van der Waals surface area (Å²) >= 11 is 0. The van der Waals surface area contributed by atoms with Crippen LogP contribution in [0.1, 0.15) is 40.5 Å². The Bertz CT molecular complexity index is 286. The molecule has 1 heteroatoms. The summed E-state index contributed by atoms with van der Waals surface area (Å²) in [4.78, 5) is 12.2. The van der Waals surface area contributed by atoms with Gasteiger partial charge in [-0.3, -0.25) is 4.79 Å². The smallest absolute Gasteiger partial charge is 0.162 e. The second-order valence-corrected chi connectivity index (χ2v) is 4.55. The summed E-state index contributed by atoms with van der Waals surface area (Å²) in [5.41, 5.74) is 0.917. The van der Waals surface area contributed by atoms with Crippen molar-refractivity contribution in [1.29, 1.82) is 0 Å². The first kappa shape index (κ1) is 12.2. The van der Waals surface area contributed by atoms with Gasteiger partial charge in [-0.15, -0.1) is 0 Å². The van der Waals surface area contributed by atoms with E-state index in [-0.39, 0.29) is 5.92 Å². The number of Topliss-reactive ketones (excluding diaryl/α,β-unsaturated/α-hetero) is 1. The molecule has 1 rings (SSSR count). The fraction of sp³-hybridized carbons (Fsp3) is 0.643. The molecule has 0 heterocycles. The van der Waals surface area contributed by atoms with Crippen LogP contribution < -0.4 is 0 Å². The van der Waals surface area contributed by atoms with Crippen LogP contribution in [-0.4, -0.2) is 5.78 Å². The molecule has 0 N–H and O–H groups in total. The van der Waals surface area contributed by atoms with Gasteiger partial charge in [0, 0.05) is 5.92 Å². The molecule has 0 radical (unpaired) electrons. The van der Waals surface area contributed by atoms with Crippen molar-refractivity contribution in [2.75, 3.05) is 0 Å². The van der Waals surface area contributed by atoms with E-state index < -0.39 is 0 Å². The first-order valence-corrected chi connectivity index (χ1v) is 5.95. The lowest BCUT2D eigenvalue weighted by atomic mass is 9.72. The van der Waals surface area contributed by atoms with Gasteiger partial charge in [0.2, 0.25) is 0 Å². The zero-order valence-electron chi connectivity index (χ0n) is 10.3. The quantitative estimate of drug-likeness (QED) is 0.507. The highest BCUT2D eigenvalue weighted by atomic mass is 16.1. The number of carbonyl (C=O) groups is 1. The molecular formula is C14H22O. The SMILES string of the molecule is C/C=C(\C)C(=O)C1C(C)C=CCC1CC. The number of carbonyl (C=O) groups excluding carboxylic acids is 1. The summed E-state index contributed by atoms with van der Waals surface area (Å²) in [6.07, 6.45) is 8.52. The molecule has 0 amide bonds. The molecule has 0 saturated heterocycles. The Hall–Kier alpha value is -0.850. The lowest BCUT2D eigenvalue weighted by Crippen LogP contribution is -2.31. The summed E-state index contributed by atoms with van der Waals surface area (Å²) in [6, 6.07) is 0. The van der Waals surface area contributed by atoms with Crippen LogP contribution >= 0.6 is 0 Å². The van der Waals surface area contributed by atoms with Crippen LogP contribution in [0.25, 0.3) is 0 Å². The highest BCUT2D eigenvalue weighted by molar-refractivity contribution is 5.97. The highest BCUT2D eigenvalue weighted by Gasteiger charge is 2.32. The number of hydrogen-bond acceptors (Lipinski definition) is 1. The molecule has 1 aliphatic carbocycles. The van der Waals surface area contributed by atoms with E-state index >= 15 is 0 Å². The van der Waals surface area contributed by atoms with Crippen LogP contribution in [0.5, 0.6) is 0 Å². The van der Waals surface area contributed by atoms with Crippen molar-refractivity contribution < 1.29 is 4.79 Å². The molecule has 0 aromatic heterocycles. The molecule has 15 heavy (non-hydrogen) atoms. The normalized spacial score (nSPS) is 31.7. The Morgan fingerprint density at radius 1 is 1.53 bits per heavy atom. The maximum Gasteiger partial charge on any atom is 0.162 e. The van der Waals surface area contributed by atoms with Gasteiger partial charge in [-0.1, -0.05) is 38.5 Å². The van der Waals surface area contributed by atoms with E-state index in [1.807, 2.05) is 19.9 Å². The third-order valence-corrected chi connectivity index (χ3v) is 3.60. The Kier molecular flexibility index (Phi) is 4.31. The van der Waals surface area contributed by atoms with Gasteiger partial charge in [0.15, 0.2) is 5.78 Å². The number of ketones is 1. The van der Waals surface area contributed by atoms with Gasteiger partial charge in [-0.2, -0.15) is 0 Å². The number of allylic oxidation sites excluding steroid dienone is 4. The molecule has 3 atom stereocenters. The van der Waals surface area contributed by atoms with Crippen molar-refractivity contribution in [3.63, 3.8) is 0 Å². The first-order valence-electron chi connectivity index (χ1n) is 5.95. The molecular weight excluding hydrogens is 184 g/mol. The standard InChI is InChI=1S/C14H22O/c1-5-10(3)14(15)13-11(4)8-7-9-12(13)6-2/h5,7-8,11-13H,6,9H2,1-4H3/b10-5+. The molecule has 1 aliphatic rings. The summed E-state index contributed by atoms with van der Waals surface area (Å²) in [5, 5.41) is 0. The minimum atomic E-state index is 0.205. The van der Waals surface area contributed by atoms with Crippen molar-refractivity contribution in [2.24, 2.45) is 17.8 Å². The third kappa shape index (κ3) is 2.58. The van der Waals surface area contributed by atoms with Gasteiger partial charge in [-0.05, 0) is 37.7 Å². The zero-order valence-corrected chi connectivity index (χ0v) is 10.3. The van der Waals surface area contributed by atoms with E-state index in [1.165, 1.54) is 0 Å². The van der Waals surface area contributed by atoms with Crippen molar-refractivity contribution in [1.82, 2.24) is 0 Å². The van der Waals surface area contributed by atoms with Gasteiger partial charge in [0.05, 0.1) is 0 Å². The summed E-state index contributed by atoms with van der Waals surface area (Å²) in [6.45, 7) is 8.21. The van der Waals surface area contributed by atoms with Crippen LogP contribution in [0.4, 0.5) is 0 Å². The monoisotopic (exact) mass is 206 g/mol. The van der Waals surface area contributed by atoms with E-state index in [2.05, 4.69) is 26.0 Å². The van der Waals surface area contributed by atoms with Crippen LogP contribution in [-0.2, 0) is 4.79 Å². The van der Waals surface area contributed by atoms with E-state index in [0.717, 1.165) is 18.4 Å². The average molecular weight is 206 g/mol. The Morgan fingerprint density at radius 2 is 2.20 bits per heavy atom.